The average Bonchev–Trinajstić information content (AvgIpc) is 2.59. The minimum atomic E-state index is -4.45. The molecule has 0 amide bonds. The third-order valence-corrected chi connectivity index (χ3v) is 4.92. The van der Waals surface area contributed by atoms with Crippen molar-refractivity contribution in [1.29, 1.82) is 0 Å². The van der Waals surface area contributed by atoms with Crippen LogP contribution in [0.5, 0.6) is 11.5 Å². The highest BCUT2D eigenvalue weighted by Gasteiger charge is 2.40. The molecule has 3 nitrogen and oxygen atoms in total. The minimum Gasteiger partial charge on any atom is -0.466 e. The molecule has 0 aliphatic heterocycles. The number of alkyl halides is 3. The van der Waals surface area contributed by atoms with E-state index in [9.17, 15) is 18.0 Å². The Labute approximate surface area is 164 Å². The molecule has 0 spiro atoms. The van der Waals surface area contributed by atoms with Gasteiger partial charge in [-0.3, -0.25) is 4.79 Å². The molecule has 1 atom stereocenters. The van der Waals surface area contributed by atoms with Crippen LogP contribution in [0.15, 0.2) is 46.9 Å². The van der Waals surface area contributed by atoms with Crippen molar-refractivity contribution in [2.75, 3.05) is 6.61 Å². The lowest BCUT2D eigenvalue weighted by molar-refractivity contribution is -0.156. The Kier molecular flexibility index (Phi) is 7.30. The van der Waals surface area contributed by atoms with Crippen LogP contribution in [0.2, 0.25) is 0 Å². The van der Waals surface area contributed by atoms with Crippen LogP contribution in [0, 0.1) is 6.92 Å². The average molecular weight is 445 g/mol. The summed E-state index contributed by atoms with van der Waals surface area (Å²) in [5.74, 6) is -1.31. The Bertz CT molecular complexity index is 773. The molecule has 2 aromatic carbocycles. The molecule has 0 radical (unpaired) electrons. The van der Waals surface area contributed by atoms with Crippen LogP contribution in [-0.4, -0.2) is 18.8 Å². The number of rotatable bonds is 7. The van der Waals surface area contributed by atoms with Gasteiger partial charge in [0.15, 0.2) is 0 Å². The van der Waals surface area contributed by atoms with E-state index in [0.717, 1.165) is 10.0 Å². The highest BCUT2D eigenvalue weighted by molar-refractivity contribution is 9.10. The zero-order chi connectivity index (χ0) is 20.0. The summed E-state index contributed by atoms with van der Waals surface area (Å²) in [6, 6.07) is 11.2. The van der Waals surface area contributed by atoms with Crippen LogP contribution < -0.4 is 4.74 Å². The van der Waals surface area contributed by atoms with Gasteiger partial charge >= 0.3 is 12.1 Å². The van der Waals surface area contributed by atoms with Crippen molar-refractivity contribution in [3.63, 3.8) is 0 Å². The molecule has 146 valence electrons. The molecular formula is C20H20BrF3O3. The Hall–Kier alpha value is -2.02. The van der Waals surface area contributed by atoms with Gasteiger partial charge in [0, 0.05) is 16.5 Å². The maximum atomic E-state index is 13.4. The van der Waals surface area contributed by atoms with Crippen molar-refractivity contribution < 1.29 is 27.4 Å². The normalized spacial score (nSPS) is 12.5. The van der Waals surface area contributed by atoms with E-state index in [1.54, 1.807) is 13.0 Å². The number of hydrogen-bond donors (Lipinski definition) is 0. The van der Waals surface area contributed by atoms with Crippen molar-refractivity contribution in [3.8, 4) is 11.5 Å². The molecule has 27 heavy (non-hydrogen) atoms. The molecule has 0 unspecified atom stereocenters. The zero-order valence-corrected chi connectivity index (χ0v) is 16.6. The van der Waals surface area contributed by atoms with E-state index in [1.807, 2.05) is 19.1 Å². The molecule has 0 N–H and O–H groups in total. The Balaban J connectivity index is 2.14. The molecule has 7 heteroatoms. The first-order chi connectivity index (χ1) is 12.7. The predicted octanol–water partition coefficient (Wildman–Crippen LogP) is 6.54. The quantitative estimate of drug-likeness (QED) is 0.454. The standard InChI is InChI=1S/C20H20BrF3O3/c1-3-26-19(25)12-11-16(20(22,23)24)14-7-9-15(10-8-14)27-18-6-4-5-17(21)13(18)2/h4-10,16H,3,11-12H2,1-2H3/t16-/m1/s1. The van der Waals surface area contributed by atoms with Crippen molar-refractivity contribution in [2.45, 2.75) is 38.8 Å². The maximum Gasteiger partial charge on any atom is 0.395 e. The summed E-state index contributed by atoms with van der Waals surface area (Å²) in [5, 5.41) is 0. The SMILES string of the molecule is CCOC(=O)CC[C@H](c1ccc(Oc2cccc(Br)c2C)cc1)C(F)(F)F. The van der Waals surface area contributed by atoms with Crippen molar-refractivity contribution in [2.24, 2.45) is 0 Å². The molecule has 2 rings (SSSR count). The summed E-state index contributed by atoms with van der Waals surface area (Å²) in [6.45, 7) is 3.64. The second-order valence-corrected chi connectivity index (χ2v) is 6.83. The first-order valence-electron chi connectivity index (χ1n) is 8.47. The summed E-state index contributed by atoms with van der Waals surface area (Å²) in [4.78, 5) is 11.4. The van der Waals surface area contributed by atoms with Crippen LogP contribution >= 0.6 is 15.9 Å². The van der Waals surface area contributed by atoms with Crippen LogP contribution in [0.1, 0.15) is 36.8 Å². The fourth-order valence-electron chi connectivity index (χ4n) is 2.61. The van der Waals surface area contributed by atoms with Gasteiger partial charge < -0.3 is 9.47 Å². The fourth-order valence-corrected chi connectivity index (χ4v) is 2.96. The third-order valence-electron chi connectivity index (χ3n) is 4.07. The highest BCUT2D eigenvalue weighted by atomic mass is 79.9. The lowest BCUT2D eigenvalue weighted by Gasteiger charge is -2.20. The monoisotopic (exact) mass is 444 g/mol. The van der Waals surface area contributed by atoms with Crippen molar-refractivity contribution >= 4 is 21.9 Å². The number of ether oxygens (including phenoxy) is 2. The van der Waals surface area contributed by atoms with Gasteiger partial charge in [0.2, 0.25) is 0 Å². The van der Waals surface area contributed by atoms with Gasteiger partial charge in [0.25, 0.3) is 0 Å². The van der Waals surface area contributed by atoms with Crippen LogP contribution in [0.3, 0.4) is 0 Å². The van der Waals surface area contributed by atoms with E-state index in [4.69, 9.17) is 9.47 Å². The molecule has 0 fully saturated rings. The fraction of sp³-hybridized carbons (Fsp3) is 0.350. The number of carbonyl (C=O) groups is 1. The van der Waals surface area contributed by atoms with Gasteiger partial charge in [-0.25, -0.2) is 0 Å². The molecule has 0 saturated carbocycles. The van der Waals surface area contributed by atoms with Gasteiger partial charge in [-0.2, -0.15) is 13.2 Å². The summed E-state index contributed by atoms with van der Waals surface area (Å²) in [7, 11) is 0. The van der Waals surface area contributed by atoms with E-state index in [1.165, 1.54) is 24.3 Å². The van der Waals surface area contributed by atoms with E-state index >= 15 is 0 Å². The van der Waals surface area contributed by atoms with E-state index in [-0.39, 0.29) is 25.0 Å². The lowest BCUT2D eigenvalue weighted by atomic mass is 9.93. The van der Waals surface area contributed by atoms with E-state index in [0.29, 0.717) is 11.5 Å². The molecule has 0 aromatic heterocycles. The van der Waals surface area contributed by atoms with Gasteiger partial charge in [-0.15, -0.1) is 0 Å². The first-order valence-corrected chi connectivity index (χ1v) is 9.27. The van der Waals surface area contributed by atoms with Crippen molar-refractivity contribution in [1.82, 2.24) is 0 Å². The molecule has 0 aliphatic carbocycles. The number of carbonyl (C=O) groups excluding carboxylic acids is 1. The minimum absolute atomic E-state index is 0.0881. The largest absolute Gasteiger partial charge is 0.466 e. The highest BCUT2D eigenvalue weighted by Crippen LogP contribution is 2.39. The zero-order valence-electron chi connectivity index (χ0n) is 15.0. The van der Waals surface area contributed by atoms with Crippen LogP contribution in [0.25, 0.3) is 0 Å². The smallest absolute Gasteiger partial charge is 0.395 e. The first kappa shape index (κ1) is 21.3. The number of benzene rings is 2. The van der Waals surface area contributed by atoms with Gasteiger partial charge in [-0.1, -0.05) is 34.1 Å². The van der Waals surface area contributed by atoms with E-state index < -0.39 is 18.1 Å². The summed E-state index contributed by atoms with van der Waals surface area (Å²) in [6.07, 6.45) is -5.09. The predicted molar refractivity (Wildman–Crippen MR) is 100 cm³/mol. The third kappa shape index (κ3) is 5.99. The molecule has 0 heterocycles. The summed E-state index contributed by atoms with van der Waals surface area (Å²) >= 11 is 3.41. The van der Waals surface area contributed by atoms with E-state index in [2.05, 4.69) is 15.9 Å². The maximum absolute atomic E-state index is 13.4. The molecule has 0 saturated heterocycles. The summed E-state index contributed by atoms with van der Waals surface area (Å²) < 4.78 is 51.5. The molecular weight excluding hydrogens is 425 g/mol. The number of esters is 1. The lowest BCUT2D eigenvalue weighted by Crippen LogP contribution is -2.22. The number of halogens is 4. The molecule has 2 aromatic rings. The molecule has 0 bridgehead atoms. The Morgan fingerprint density at radius 3 is 2.41 bits per heavy atom. The molecule has 0 aliphatic rings. The van der Waals surface area contributed by atoms with Gasteiger partial charge in [0.1, 0.15) is 11.5 Å². The Morgan fingerprint density at radius 1 is 1.15 bits per heavy atom. The van der Waals surface area contributed by atoms with Crippen molar-refractivity contribution in [3.05, 3.63) is 58.1 Å². The summed E-state index contributed by atoms with van der Waals surface area (Å²) in [5.41, 5.74) is 0.981. The van der Waals surface area contributed by atoms with Gasteiger partial charge in [-0.05, 0) is 50.1 Å². The number of hydrogen-bond acceptors (Lipinski definition) is 3. The van der Waals surface area contributed by atoms with Crippen LogP contribution in [-0.2, 0) is 9.53 Å². The Morgan fingerprint density at radius 2 is 1.81 bits per heavy atom. The second kappa shape index (κ2) is 9.26. The second-order valence-electron chi connectivity index (χ2n) is 5.97. The van der Waals surface area contributed by atoms with Crippen LogP contribution in [0.4, 0.5) is 13.2 Å². The van der Waals surface area contributed by atoms with Gasteiger partial charge in [0.05, 0.1) is 12.5 Å². The topological polar surface area (TPSA) is 35.5 Å².